The van der Waals surface area contributed by atoms with Gasteiger partial charge in [-0.25, -0.2) is 0 Å². The molecule has 2 aliphatic heterocycles. The second-order valence-corrected chi connectivity index (χ2v) is 12.7. The molecule has 0 aromatic heterocycles. The first-order valence-electron chi connectivity index (χ1n) is 15.5. The summed E-state index contributed by atoms with van der Waals surface area (Å²) in [6.07, 6.45) is -17.7. The highest BCUT2D eigenvalue weighted by Crippen LogP contribution is 2.37. The smallest absolute Gasteiger partial charge is 0.251 e. The van der Waals surface area contributed by atoms with Crippen molar-refractivity contribution in [2.75, 3.05) is 39.8 Å². The standard InChI is InChI=1S/C27H54N6O13/c1-27(43)9-44-26(21(41)24(27)31-2)46-22-12(33-25(42)16(36)13(35)6-29)5-11(30)15(18(22)38)23-20(40)19(39)17(37)14(45-23)8-32-7-10(34)3-4-28/h10-24,26,31-32,34-41,43H,3-9,28-30H2,1-2H3,(H,33,42). The summed E-state index contributed by atoms with van der Waals surface area (Å²) >= 11 is 0. The fourth-order valence-corrected chi connectivity index (χ4v) is 6.49. The zero-order valence-corrected chi connectivity index (χ0v) is 26.1. The highest BCUT2D eigenvalue weighted by molar-refractivity contribution is 5.81. The molecule has 17 atom stereocenters. The number of aliphatic hydroxyl groups excluding tert-OH is 8. The molecule has 0 spiro atoms. The number of nitrogens with one attached hydrogen (secondary N) is 3. The molecule has 2 saturated heterocycles. The Morgan fingerprint density at radius 2 is 1.72 bits per heavy atom. The van der Waals surface area contributed by atoms with Crippen LogP contribution in [0.4, 0.5) is 0 Å². The predicted molar refractivity (Wildman–Crippen MR) is 158 cm³/mol. The molecule has 1 aliphatic carbocycles. The molecule has 0 aromatic rings. The summed E-state index contributed by atoms with van der Waals surface area (Å²) in [6, 6.07) is -3.13. The van der Waals surface area contributed by atoms with E-state index >= 15 is 0 Å². The van der Waals surface area contributed by atoms with Crippen LogP contribution in [-0.2, 0) is 19.0 Å². The minimum Gasteiger partial charge on any atom is -0.392 e. The second-order valence-electron chi connectivity index (χ2n) is 12.7. The first kappa shape index (κ1) is 39.2. The Morgan fingerprint density at radius 3 is 2.33 bits per heavy atom. The molecule has 1 saturated carbocycles. The van der Waals surface area contributed by atoms with Gasteiger partial charge in [-0.15, -0.1) is 0 Å². The third kappa shape index (κ3) is 8.87. The minimum absolute atomic E-state index is 0.0610. The Balaban J connectivity index is 1.88. The number of carbonyl (C=O) groups excluding carboxylic acids is 1. The van der Waals surface area contributed by atoms with E-state index in [1.54, 1.807) is 0 Å². The van der Waals surface area contributed by atoms with Crippen LogP contribution < -0.4 is 33.2 Å². The van der Waals surface area contributed by atoms with E-state index in [4.69, 9.17) is 31.4 Å². The molecule has 3 rings (SSSR count). The van der Waals surface area contributed by atoms with Crippen LogP contribution in [-0.4, -0.2) is 189 Å². The van der Waals surface area contributed by atoms with Crippen LogP contribution in [0.15, 0.2) is 0 Å². The maximum atomic E-state index is 12.8. The average molecular weight is 671 g/mol. The van der Waals surface area contributed by atoms with E-state index in [1.807, 2.05) is 0 Å². The van der Waals surface area contributed by atoms with E-state index in [0.717, 1.165) is 0 Å². The van der Waals surface area contributed by atoms with Crippen molar-refractivity contribution in [1.82, 2.24) is 16.0 Å². The Bertz CT molecular complexity index is 958. The van der Waals surface area contributed by atoms with Crippen LogP contribution in [0.25, 0.3) is 0 Å². The zero-order valence-electron chi connectivity index (χ0n) is 26.1. The van der Waals surface area contributed by atoms with Gasteiger partial charge in [0.15, 0.2) is 12.4 Å². The Morgan fingerprint density at radius 1 is 1.04 bits per heavy atom. The molecule has 19 heteroatoms. The summed E-state index contributed by atoms with van der Waals surface area (Å²) in [7, 11) is 1.51. The molecule has 0 aromatic carbocycles. The minimum atomic E-state index is -1.94. The van der Waals surface area contributed by atoms with Gasteiger partial charge in [-0.2, -0.15) is 0 Å². The lowest BCUT2D eigenvalue weighted by molar-refractivity contribution is -0.303. The Hall–Kier alpha value is -1.21. The van der Waals surface area contributed by atoms with Gasteiger partial charge in [-0.05, 0) is 33.4 Å². The number of nitrogens with two attached hydrogens (primary N) is 3. The van der Waals surface area contributed by atoms with Gasteiger partial charge in [-0.3, -0.25) is 4.79 Å². The van der Waals surface area contributed by atoms with Crippen molar-refractivity contribution in [3.05, 3.63) is 0 Å². The topological polar surface area (TPSA) is 341 Å². The molecule has 3 fully saturated rings. The first-order valence-corrected chi connectivity index (χ1v) is 15.5. The summed E-state index contributed by atoms with van der Waals surface area (Å²) in [5, 5.41) is 104. The van der Waals surface area contributed by atoms with Crippen LogP contribution in [0.3, 0.4) is 0 Å². The normalized spacial score (nSPS) is 43.9. The molecular formula is C27H54N6O13. The van der Waals surface area contributed by atoms with Gasteiger partial charge in [0, 0.05) is 31.6 Å². The van der Waals surface area contributed by atoms with Crippen molar-refractivity contribution in [3.8, 4) is 0 Å². The van der Waals surface area contributed by atoms with E-state index in [2.05, 4.69) is 16.0 Å². The van der Waals surface area contributed by atoms with E-state index in [1.165, 1.54) is 14.0 Å². The highest BCUT2D eigenvalue weighted by Gasteiger charge is 2.56. The van der Waals surface area contributed by atoms with E-state index in [0.29, 0.717) is 6.42 Å². The number of hydrogen-bond donors (Lipinski definition) is 15. The second kappa shape index (κ2) is 16.9. The van der Waals surface area contributed by atoms with E-state index in [-0.39, 0.29) is 32.7 Å². The van der Waals surface area contributed by atoms with Gasteiger partial charge >= 0.3 is 0 Å². The molecule has 1 amide bonds. The zero-order chi connectivity index (χ0) is 34.5. The molecule has 3 aliphatic rings. The summed E-state index contributed by atoms with van der Waals surface area (Å²) < 4.78 is 17.6. The third-order valence-corrected chi connectivity index (χ3v) is 9.14. The Kier molecular flexibility index (Phi) is 14.5. The van der Waals surface area contributed by atoms with Crippen molar-refractivity contribution in [1.29, 1.82) is 0 Å². The maximum Gasteiger partial charge on any atom is 0.251 e. The Labute approximate surface area is 267 Å². The van der Waals surface area contributed by atoms with Crippen molar-refractivity contribution in [2.24, 2.45) is 23.1 Å². The van der Waals surface area contributed by atoms with E-state index < -0.39 is 116 Å². The molecule has 17 unspecified atom stereocenters. The van der Waals surface area contributed by atoms with Gasteiger partial charge in [-0.1, -0.05) is 0 Å². The average Bonchev–Trinajstić information content (AvgIpc) is 3.00. The van der Waals surface area contributed by atoms with Gasteiger partial charge in [0.2, 0.25) is 0 Å². The van der Waals surface area contributed by atoms with Gasteiger partial charge in [0.05, 0.1) is 43.1 Å². The molecule has 46 heavy (non-hydrogen) atoms. The van der Waals surface area contributed by atoms with Crippen molar-refractivity contribution < 1.29 is 65.0 Å². The monoisotopic (exact) mass is 670 g/mol. The molecule has 270 valence electrons. The fraction of sp³-hybridized carbons (Fsp3) is 0.963. The predicted octanol–water partition coefficient (Wildman–Crippen LogP) is -8.55. The number of rotatable bonds is 14. The van der Waals surface area contributed by atoms with Crippen LogP contribution in [0.2, 0.25) is 0 Å². The SMILES string of the molecule is CNC1C(O)C(OC2C(NC(=O)C(O)C(O)CN)CC(N)C(C3OC(CNCC(O)CCN)C(O)C(O)C3O)C2O)OCC1(C)O. The van der Waals surface area contributed by atoms with Gasteiger partial charge in [0.1, 0.15) is 42.2 Å². The lowest BCUT2D eigenvalue weighted by Gasteiger charge is -2.52. The molecule has 18 N–H and O–H groups in total. The van der Waals surface area contributed by atoms with Crippen LogP contribution in [0.5, 0.6) is 0 Å². The fourth-order valence-electron chi connectivity index (χ4n) is 6.49. The number of carbonyl (C=O) groups is 1. The number of amides is 1. The molecule has 0 radical (unpaired) electrons. The number of aliphatic hydroxyl groups is 9. The summed E-state index contributed by atoms with van der Waals surface area (Å²) in [5.41, 5.74) is 15.8. The molecule has 2 heterocycles. The number of hydrogen-bond acceptors (Lipinski definition) is 18. The van der Waals surface area contributed by atoms with Crippen molar-refractivity contribution in [3.63, 3.8) is 0 Å². The lowest BCUT2D eigenvalue weighted by Crippen LogP contribution is -2.71. The number of likely N-dealkylation sites (N-methyl/N-ethyl adjacent to an activating group) is 1. The molecule has 0 bridgehead atoms. The third-order valence-electron chi connectivity index (χ3n) is 9.14. The van der Waals surface area contributed by atoms with Crippen LogP contribution in [0, 0.1) is 5.92 Å². The van der Waals surface area contributed by atoms with Crippen LogP contribution >= 0.6 is 0 Å². The van der Waals surface area contributed by atoms with Crippen molar-refractivity contribution in [2.45, 2.75) is 117 Å². The lowest BCUT2D eigenvalue weighted by atomic mass is 9.72. The maximum absolute atomic E-state index is 12.8. The highest BCUT2D eigenvalue weighted by atomic mass is 16.7. The molecular weight excluding hydrogens is 616 g/mol. The summed E-state index contributed by atoms with van der Waals surface area (Å²) in [4.78, 5) is 12.8. The van der Waals surface area contributed by atoms with Crippen LogP contribution in [0.1, 0.15) is 19.8 Å². The quantitative estimate of drug-likeness (QED) is 0.0815. The van der Waals surface area contributed by atoms with Gasteiger partial charge < -0.3 is 93.3 Å². The molecule has 19 nitrogen and oxygen atoms in total. The number of ether oxygens (including phenoxy) is 3. The summed E-state index contributed by atoms with van der Waals surface area (Å²) in [5.74, 6) is -2.24. The van der Waals surface area contributed by atoms with Crippen molar-refractivity contribution >= 4 is 5.91 Å². The first-order chi connectivity index (χ1) is 21.6. The largest absolute Gasteiger partial charge is 0.392 e. The summed E-state index contributed by atoms with van der Waals surface area (Å²) in [6.45, 7) is 1.03. The van der Waals surface area contributed by atoms with Gasteiger partial charge in [0.25, 0.3) is 5.91 Å². The van der Waals surface area contributed by atoms with E-state index in [9.17, 15) is 50.8 Å².